The molecule has 2 rings (SSSR count). The highest BCUT2D eigenvalue weighted by molar-refractivity contribution is 6.00. The number of amides is 1. The van der Waals surface area contributed by atoms with Crippen LogP contribution in [0.15, 0.2) is 23.4 Å². The van der Waals surface area contributed by atoms with Crippen molar-refractivity contribution in [3.8, 4) is 0 Å². The molecule has 0 saturated heterocycles. The molecule has 1 aliphatic carbocycles. The third-order valence-electron chi connectivity index (χ3n) is 4.18. The van der Waals surface area contributed by atoms with Gasteiger partial charge in [-0.1, -0.05) is 24.1 Å². The number of oxime groups is 1. The van der Waals surface area contributed by atoms with Gasteiger partial charge in [-0.3, -0.25) is 4.79 Å². The maximum Gasteiger partial charge on any atom is 0.252 e. The molecular weight excluding hydrogens is 254 g/mol. The Hall–Kier alpha value is -2.04. The normalized spacial score (nSPS) is 18.0. The van der Waals surface area contributed by atoms with Crippen molar-refractivity contribution in [2.75, 3.05) is 0 Å². The number of amidine groups is 1. The molecule has 1 aliphatic rings. The lowest BCUT2D eigenvalue weighted by Crippen LogP contribution is -2.55. The first-order valence-electron chi connectivity index (χ1n) is 6.86. The number of hydrogen-bond acceptors (Lipinski definition) is 3. The first kappa shape index (κ1) is 14.4. The van der Waals surface area contributed by atoms with Crippen molar-refractivity contribution in [3.63, 3.8) is 0 Å². The van der Waals surface area contributed by atoms with E-state index < -0.39 is 5.54 Å². The van der Waals surface area contributed by atoms with Gasteiger partial charge in [0, 0.05) is 5.56 Å². The summed E-state index contributed by atoms with van der Waals surface area (Å²) in [5.74, 6) is -0.0891. The Kier molecular flexibility index (Phi) is 3.97. The molecule has 1 saturated carbocycles. The zero-order chi connectivity index (χ0) is 14.8. The van der Waals surface area contributed by atoms with Crippen LogP contribution in [0.5, 0.6) is 0 Å². The number of nitrogens with one attached hydrogen (secondary N) is 1. The lowest BCUT2D eigenvalue weighted by atomic mass is 9.95. The average Bonchev–Trinajstić information content (AvgIpc) is 2.90. The predicted molar refractivity (Wildman–Crippen MR) is 78.0 cm³/mol. The Bertz CT molecular complexity index is 546. The SMILES string of the molecule is Cc1ccc(C(=O)NC2(/C(N)=N/O)CCCC2)cc1C. The van der Waals surface area contributed by atoms with E-state index in [0.717, 1.165) is 24.0 Å². The monoisotopic (exact) mass is 275 g/mol. The molecule has 1 aromatic carbocycles. The molecule has 0 unspecified atom stereocenters. The predicted octanol–water partition coefficient (Wildman–Crippen LogP) is 2.09. The van der Waals surface area contributed by atoms with Crippen LogP contribution in [0.4, 0.5) is 0 Å². The summed E-state index contributed by atoms with van der Waals surface area (Å²) in [6.45, 7) is 3.98. The van der Waals surface area contributed by atoms with E-state index in [4.69, 9.17) is 10.9 Å². The van der Waals surface area contributed by atoms with Crippen molar-refractivity contribution in [1.82, 2.24) is 5.32 Å². The zero-order valence-corrected chi connectivity index (χ0v) is 11.9. The number of benzene rings is 1. The van der Waals surface area contributed by atoms with Gasteiger partial charge in [0.2, 0.25) is 0 Å². The Morgan fingerprint density at radius 2 is 1.95 bits per heavy atom. The van der Waals surface area contributed by atoms with E-state index in [9.17, 15) is 4.79 Å². The molecule has 1 amide bonds. The van der Waals surface area contributed by atoms with E-state index >= 15 is 0 Å². The van der Waals surface area contributed by atoms with Crippen molar-refractivity contribution >= 4 is 11.7 Å². The minimum atomic E-state index is -0.704. The van der Waals surface area contributed by atoms with Crippen molar-refractivity contribution in [1.29, 1.82) is 0 Å². The van der Waals surface area contributed by atoms with Crippen LogP contribution in [0.25, 0.3) is 0 Å². The Morgan fingerprint density at radius 1 is 1.30 bits per heavy atom. The summed E-state index contributed by atoms with van der Waals surface area (Å²) in [5, 5.41) is 15.0. The minimum Gasteiger partial charge on any atom is -0.409 e. The van der Waals surface area contributed by atoms with E-state index in [1.54, 1.807) is 6.07 Å². The standard InChI is InChI=1S/C15H21N3O2/c1-10-5-6-12(9-11(10)2)13(19)17-15(14(16)18-20)7-3-4-8-15/h5-6,9,20H,3-4,7-8H2,1-2H3,(H2,16,18)(H,17,19). The maximum absolute atomic E-state index is 12.4. The van der Waals surface area contributed by atoms with Gasteiger partial charge in [-0.25, -0.2) is 0 Å². The number of aryl methyl sites for hydroxylation is 2. The van der Waals surface area contributed by atoms with Crippen LogP contribution in [0, 0.1) is 13.8 Å². The summed E-state index contributed by atoms with van der Waals surface area (Å²) < 4.78 is 0. The highest BCUT2D eigenvalue weighted by atomic mass is 16.4. The number of carbonyl (C=O) groups excluding carboxylic acids is 1. The van der Waals surface area contributed by atoms with Gasteiger partial charge in [-0.15, -0.1) is 0 Å². The summed E-state index contributed by atoms with van der Waals surface area (Å²) in [6, 6.07) is 5.58. The number of carbonyl (C=O) groups is 1. The summed E-state index contributed by atoms with van der Waals surface area (Å²) in [4.78, 5) is 12.4. The molecule has 0 spiro atoms. The molecule has 0 atom stereocenters. The largest absolute Gasteiger partial charge is 0.409 e. The van der Waals surface area contributed by atoms with E-state index in [-0.39, 0.29) is 11.7 Å². The van der Waals surface area contributed by atoms with Crippen LogP contribution in [0.1, 0.15) is 47.2 Å². The lowest BCUT2D eigenvalue weighted by molar-refractivity contribution is 0.0922. The molecule has 0 bridgehead atoms. The molecule has 1 fully saturated rings. The first-order valence-corrected chi connectivity index (χ1v) is 6.86. The molecule has 5 nitrogen and oxygen atoms in total. The molecule has 0 heterocycles. The topological polar surface area (TPSA) is 87.7 Å². The quantitative estimate of drug-likeness (QED) is 0.341. The molecule has 0 aromatic heterocycles. The number of hydrogen-bond donors (Lipinski definition) is 3. The van der Waals surface area contributed by atoms with Crippen LogP contribution < -0.4 is 11.1 Å². The molecule has 4 N–H and O–H groups in total. The second-order valence-corrected chi connectivity index (χ2v) is 5.53. The third-order valence-corrected chi connectivity index (χ3v) is 4.18. The van der Waals surface area contributed by atoms with Crippen LogP contribution in [-0.4, -0.2) is 22.5 Å². The molecule has 0 radical (unpaired) electrons. The van der Waals surface area contributed by atoms with Crippen molar-refractivity contribution in [3.05, 3.63) is 34.9 Å². The molecule has 5 heteroatoms. The van der Waals surface area contributed by atoms with E-state index in [1.807, 2.05) is 26.0 Å². The van der Waals surface area contributed by atoms with Gasteiger partial charge in [-0.05, 0) is 49.9 Å². The number of rotatable bonds is 3. The van der Waals surface area contributed by atoms with Crippen molar-refractivity contribution in [2.45, 2.75) is 45.1 Å². The zero-order valence-electron chi connectivity index (χ0n) is 11.9. The second kappa shape index (κ2) is 5.53. The van der Waals surface area contributed by atoms with Crippen molar-refractivity contribution < 1.29 is 10.0 Å². The van der Waals surface area contributed by atoms with E-state index in [1.165, 1.54) is 0 Å². The van der Waals surface area contributed by atoms with Crippen LogP contribution in [0.3, 0.4) is 0 Å². The molecule has 0 aliphatic heterocycles. The van der Waals surface area contributed by atoms with Gasteiger partial charge in [0.1, 0.15) is 5.54 Å². The fraction of sp³-hybridized carbons (Fsp3) is 0.467. The average molecular weight is 275 g/mol. The molecule has 108 valence electrons. The van der Waals surface area contributed by atoms with Crippen LogP contribution >= 0.6 is 0 Å². The molecule has 1 aromatic rings. The first-order chi connectivity index (χ1) is 9.48. The second-order valence-electron chi connectivity index (χ2n) is 5.53. The highest BCUT2D eigenvalue weighted by Crippen LogP contribution is 2.30. The fourth-order valence-corrected chi connectivity index (χ4v) is 2.69. The van der Waals surface area contributed by atoms with Gasteiger partial charge in [0.05, 0.1) is 0 Å². The van der Waals surface area contributed by atoms with Crippen LogP contribution in [0.2, 0.25) is 0 Å². The summed E-state index contributed by atoms with van der Waals surface area (Å²) in [7, 11) is 0. The fourth-order valence-electron chi connectivity index (χ4n) is 2.69. The summed E-state index contributed by atoms with van der Waals surface area (Å²) >= 11 is 0. The molecular formula is C15H21N3O2. The Morgan fingerprint density at radius 3 is 2.50 bits per heavy atom. The lowest BCUT2D eigenvalue weighted by Gasteiger charge is -2.28. The maximum atomic E-state index is 12.4. The third kappa shape index (κ3) is 2.61. The highest BCUT2D eigenvalue weighted by Gasteiger charge is 2.39. The summed E-state index contributed by atoms with van der Waals surface area (Å²) in [5.41, 5.74) is 7.90. The Labute approximate surface area is 118 Å². The van der Waals surface area contributed by atoms with Gasteiger partial charge < -0.3 is 16.3 Å². The van der Waals surface area contributed by atoms with Gasteiger partial charge in [0.25, 0.3) is 5.91 Å². The smallest absolute Gasteiger partial charge is 0.252 e. The van der Waals surface area contributed by atoms with E-state index in [0.29, 0.717) is 18.4 Å². The van der Waals surface area contributed by atoms with Gasteiger partial charge in [0.15, 0.2) is 5.84 Å². The van der Waals surface area contributed by atoms with Crippen molar-refractivity contribution in [2.24, 2.45) is 10.9 Å². The minimum absolute atomic E-state index is 0.0900. The van der Waals surface area contributed by atoms with Gasteiger partial charge >= 0.3 is 0 Å². The van der Waals surface area contributed by atoms with Gasteiger partial charge in [-0.2, -0.15) is 0 Å². The summed E-state index contributed by atoms with van der Waals surface area (Å²) in [6.07, 6.45) is 3.34. The van der Waals surface area contributed by atoms with Crippen LogP contribution in [-0.2, 0) is 0 Å². The molecule has 20 heavy (non-hydrogen) atoms. The number of nitrogens with zero attached hydrogens (tertiary/aromatic N) is 1. The Balaban J connectivity index is 2.23. The number of nitrogens with two attached hydrogens (primary N) is 1. The van der Waals surface area contributed by atoms with E-state index in [2.05, 4.69) is 10.5 Å².